The average Bonchev–Trinajstić information content (AvgIpc) is 3.01. The predicted octanol–water partition coefficient (Wildman–Crippen LogP) is 5.40. The molecule has 2 aromatic rings. The van der Waals surface area contributed by atoms with Crippen molar-refractivity contribution in [1.29, 1.82) is 0 Å². The van der Waals surface area contributed by atoms with Crippen LogP contribution in [0.15, 0.2) is 8.73 Å². The summed E-state index contributed by atoms with van der Waals surface area (Å²) >= 11 is 2.57. The van der Waals surface area contributed by atoms with Gasteiger partial charge >= 0.3 is 0 Å². The van der Waals surface area contributed by atoms with E-state index < -0.39 is 0 Å². The third-order valence-electron chi connectivity index (χ3n) is 4.23. The molecule has 1 aromatic heterocycles. The molecule has 112 valence electrons. The molecule has 0 bridgehead atoms. The van der Waals surface area contributed by atoms with E-state index in [9.17, 15) is 0 Å². The largest absolute Gasteiger partial charge is 0.173 e. The number of nitrogens with zero attached hydrogens (tertiary/aromatic N) is 4. The molecule has 1 aliphatic rings. The van der Waals surface area contributed by atoms with Gasteiger partial charge in [-0.05, 0) is 17.3 Å². The number of hydrogen-bond acceptors (Lipinski definition) is 5. The lowest BCUT2D eigenvalue weighted by Crippen LogP contribution is -2.19. The summed E-state index contributed by atoms with van der Waals surface area (Å²) in [6, 6.07) is 0. The fourth-order valence-electron chi connectivity index (χ4n) is 2.79. The molecule has 1 aliphatic heterocycles. The zero-order valence-corrected chi connectivity index (χ0v) is 14.9. The summed E-state index contributed by atoms with van der Waals surface area (Å²) in [4.78, 5) is 0. The molecule has 0 aliphatic carbocycles. The summed E-state index contributed by atoms with van der Waals surface area (Å²) in [5.74, 6) is 0. The summed E-state index contributed by atoms with van der Waals surface area (Å²) in [5, 5.41) is 0. The molecule has 2 heterocycles. The Morgan fingerprint density at radius 2 is 1.38 bits per heavy atom. The maximum atomic E-state index is 4.60. The van der Waals surface area contributed by atoms with Gasteiger partial charge in [-0.25, -0.2) is 0 Å². The van der Waals surface area contributed by atoms with Crippen LogP contribution in [0.1, 0.15) is 59.1 Å². The van der Waals surface area contributed by atoms with Gasteiger partial charge in [-0.15, -0.1) is 0 Å². The van der Waals surface area contributed by atoms with Gasteiger partial charge < -0.3 is 0 Å². The zero-order chi connectivity index (χ0) is 15.4. The van der Waals surface area contributed by atoms with Crippen molar-refractivity contribution in [3.05, 3.63) is 11.1 Å². The van der Waals surface area contributed by atoms with Crippen LogP contribution in [-0.2, 0) is 22.2 Å². The van der Waals surface area contributed by atoms with Crippen LogP contribution in [0.5, 0.6) is 0 Å². The lowest BCUT2D eigenvalue weighted by atomic mass is 9.76. The summed E-state index contributed by atoms with van der Waals surface area (Å²) < 4.78 is 18.4. The van der Waals surface area contributed by atoms with Crippen molar-refractivity contribution in [2.45, 2.75) is 58.8 Å². The fraction of sp³-hybridized carbons (Fsp3) is 0.600. The maximum Gasteiger partial charge on any atom is 0.111 e. The molecule has 0 spiro atoms. The SMILES string of the molecule is CCC(C)(C)c1c2c(c(C(C)(C)C)c3nsnc13)N=S=N2. The Bertz CT molecular complexity index is 790. The third-order valence-corrected chi connectivity index (χ3v) is 5.29. The molecule has 0 N–H and O–H groups in total. The topological polar surface area (TPSA) is 50.5 Å². The van der Waals surface area contributed by atoms with Gasteiger partial charge in [0.05, 0.1) is 23.1 Å². The Morgan fingerprint density at radius 3 is 1.90 bits per heavy atom. The van der Waals surface area contributed by atoms with Crippen molar-refractivity contribution in [2.24, 2.45) is 8.73 Å². The molecule has 0 amide bonds. The Balaban J connectivity index is 2.50. The molecule has 4 nitrogen and oxygen atoms in total. The molecule has 1 aromatic carbocycles. The van der Waals surface area contributed by atoms with Gasteiger partial charge in [-0.1, -0.05) is 41.5 Å². The van der Waals surface area contributed by atoms with Gasteiger partial charge in [0.2, 0.25) is 0 Å². The quantitative estimate of drug-likeness (QED) is 0.634. The van der Waals surface area contributed by atoms with E-state index in [2.05, 4.69) is 59.0 Å². The summed E-state index contributed by atoms with van der Waals surface area (Å²) in [6.07, 6.45) is 1.03. The highest BCUT2D eigenvalue weighted by atomic mass is 32.1. The Hall–Kier alpha value is -1.14. The molecule has 0 unspecified atom stereocenters. The Morgan fingerprint density at radius 1 is 0.857 bits per heavy atom. The monoisotopic (exact) mass is 320 g/mol. The predicted molar refractivity (Wildman–Crippen MR) is 91.0 cm³/mol. The van der Waals surface area contributed by atoms with Crippen LogP contribution in [0.3, 0.4) is 0 Å². The van der Waals surface area contributed by atoms with Gasteiger partial charge in [0.1, 0.15) is 22.4 Å². The smallest absolute Gasteiger partial charge is 0.111 e. The van der Waals surface area contributed by atoms with Gasteiger partial charge in [-0.2, -0.15) is 17.5 Å². The highest BCUT2D eigenvalue weighted by Crippen LogP contribution is 2.51. The van der Waals surface area contributed by atoms with Crippen LogP contribution in [-0.4, -0.2) is 8.75 Å². The van der Waals surface area contributed by atoms with Gasteiger partial charge in [0, 0.05) is 11.1 Å². The van der Waals surface area contributed by atoms with E-state index in [-0.39, 0.29) is 10.8 Å². The molecular weight excluding hydrogens is 300 g/mol. The average molecular weight is 320 g/mol. The molecule has 21 heavy (non-hydrogen) atoms. The summed E-state index contributed by atoms with van der Waals surface area (Å²) in [6.45, 7) is 13.3. The number of rotatable bonds is 2. The Kier molecular flexibility index (Phi) is 3.29. The highest BCUT2D eigenvalue weighted by Gasteiger charge is 2.35. The van der Waals surface area contributed by atoms with E-state index in [1.807, 2.05) is 0 Å². The fourth-order valence-corrected chi connectivity index (χ4v) is 3.91. The minimum atomic E-state index is -0.0309. The number of fused-ring (bicyclic) bond motifs is 2. The van der Waals surface area contributed by atoms with Crippen LogP contribution < -0.4 is 0 Å². The number of hydrogen-bond donors (Lipinski definition) is 0. The van der Waals surface area contributed by atoms with Crippen molar-refractivity contribution in [1.82, 2.24) is 8.75 Å². The second kappa shape index (κ2) is 4.68. The first kappa shape index (κ1) is 14.8. The molecule has 0 fully saturated rings. The molecule has 6 heteroatoms. The standard InChI is InChI=1S/C15H20N4S2/c1-7-15(5,6)9-12-10(16-20-18-12)8(14(2,3)4)11-13(9)19-21-17-11/h7H2,1-6H3. The van der Waals surface area contributed by atoms with Crippen molar-refractivity contribution >= 4 is 45.5 Å². The van der Waals surface area contributed by atoms with E-state index in [0.29, 0.717) is 0 Å². The van der Waals surface area contributed by atoms with Crippen molar-refractivity contribution in [2.75, 3.05) is 0 Å². The first-order valence-electron chi connectivity index (χ1n) is 7.19. The van der Waals surface area contributed by atoms with Gasteiger partial charge in [-0.3, -0.25) is 0 Å². The van der Waals surface area contributed by atoms with E-state index in [1.165, 1.54) is 34.2 Å². The van der Waals surface area contributed by atoms with Gasteiger partial charge in [0.25, 0.3) is 0 Å². The minimum Gasteiger partial charge on any atom is -0.173 e. The molecule has 0 saturated carbocycles. The minimum absolute atomic E-state index is 0.0123. The lowest BCUT2D eigenvalue weighted by Gasteiger charge is -2.28. The van der Waals surface area contributed by atoms with Crippen LogP contribution >= 0.6 is 11.7 Å². The first-order chi connectivity index (χ1) is 9.77. The molecule has 3 rings (SSSR count). The first-order valence-corrected chi connectivity index (χ1v) is 8.65. The summed E-state index contributed by atoms with van der Waals surface area (Å²) in [7, 11) is 0. The third kappa shape index (κ3) is 2.16. The highest BCUT2D eigenvalue weighted by molar-refractivity contribution is 7.58. The van der Waals surface area contributed by atoms with E-state index in [4.69, 9.17) is 0 Å². The lowest BCUT2D eigenvalue weighted by molar-refractivity contribution is 0.510. The second-order valence-corrected chi connectivity index (χ2v) is 8.22. The van der Waals surface area contributed by atoms with Crippen LogP contribution in [0.2, 0.25) is 0 Å². The molecule has 0 radical (unpaired) electrons. The van der Waals surface area contributed by atoms with E-state index in [1.54, 1.807) is 0 Å². The second-order valence-electron chi connectivity index (χ2n) is 7.16. The van der Waals surface area contributed by atoms with Crippen LogP contribution in [0.25, 0.3) is 11.0 Å². The normalized spacial score (nSPS) is 14.6. The molecule has 0 saturated heterocycles. The van der Waals surface area contributed by atoms with Crippen LogP contribution in [0.4, 0.5) is 11.4 Å². The van der Waals surface area contributed by atoms with Crippen molar-refractivity contribution < 1.29 is 0 Å². The Labute approximate surface area is 133 Å². The van der Waals surface area contributed by atoms with Gasteiger partial charge in [0.15, 0.2) is 0 Å². The van der Waals surface area contributed by atoms with Crippen molar-refractivity contribution in [3.8, 4) is 0 Å². The number of benzene rings is 1. The maximum absolute atomic E-state index is 4.60. The summed E-state index contributed by atoms with van der Waals surface area (Å²) in [5.41, 5.74) is 6.38. The number of aromatic nitrogens is 2. The van der Waals surface area contributed by atoms with E-state index >= 15 is 0 Å². The zero-order valence-electron chi connectivity index (χ0n) is 13.3. The van der Waals surface area contributed by atoms with Crippen LogP contribution in [0, 0.1) is 0 Å². The van der Waals surface area contributed by atoms with E-state index in [0.717, 1.165) is 28.8 Å². The molecule has 0 atom stereocenters. The molecular formula is C15H20N4S2. The van der Waals surface area contributed by atoms with Crippen molar-refractivity contribution in [3.63, 3.8) is 0 Å².